The molecule has 0 heterocycles. The van der Waals surface area contributed by atoms with Gasteiger partial charge < -0.3 is 10.1 Å². The molecule has 0 aliphatic carbocycles. The van der Waals surface area contributed by atoms with Crippen molar-refractivity contribution in [3.63, 3.8) is 0 Å². The van der Waals surface area contributed by atoms with Crippen LogP contribution in [0.15, 0.2) is 18.2 Å². The van der Waals surface area contributed by atoms with Crippen LogP contribution in [0.3, 0.4) is 0 Å². The van der Waals surface area contributed by atoms with E-state index in [2.05, 4.69) is 10.6 Å². The van der Waals surface area contributed by atoms with Crippen LogP contribution in [-0.2, 0) is 4.79 Å². The lowest BCUT2D eigenvalue weighted by atomic mass is 10.2. The molecule has 0 fully saturated rings. The lowest BCUT2D eigenvalue weighted by molar-refractivity contribution is -0.385. The summed E-state index contributed by atoms with van der Waals surface area (Å²) >= 11 is 0. The molecule has 0 saturated carbocycles. The van der Waals surface area contributed by atoms with Crippen LogP contribution in [0.25, 0.3) is 0 Å². The Morgan fingerprint density at radius 1 is 1.38 bits per heavy atom. The maximum atomic E-state index is 11.5. The average molecular weight is 295 g/mol. The first kappa shape index (κ1) is 16.4. The highest BCUT2D eigenvalue weighted by Gasteiger charge is 2.15. The van der Waals surface area contributed by atoms with E-state index in [9.17, 15) is 19.7 Å². The van der Waals surface area contributed by atoms with E-state index in [-0.39, 0.29) is 11.4 Å². The van der Waals surface area contributed by atoms with E-state index >= 15 is 0 Å². The van der Waals surface area contributed by atoms with Gasteiger partial charge in [-0.25, -0.2) is 4.79 Å². The van der Waals surface area contributed by atoms with Crippen LogP contribution in [0, 0.1) is 17.0 Å². The van der Waals surface area contributed by atoms with Gasteiger partial charge >= 0.3 is 6.03 Å². The third-order valence-corrected chi connectivity index (χ3v) is 2.60. The number of imide groups is 1. The molecule has 21 heavy (non-hydrogen) atoms. The zero-order chi connectivity index (χ0) is 15.8. The highest BCUT2D eigenvalue weighted by molar-refractivity contribution is 5.95. The number of nitrogens with one attached hydrogen (secondary N) is 2. The lowest BCUT2D eigenvalue weighted by Gasteiger charge is -2.09. The number of hydrogen-bond donors (Lipinski definition) is 2. The molecule has 0 aliphatic heterocycles. The average Bonchev–Trinajstić information content (AvgIpc) is 2.43. The Balaban J connectivity index is 2.56. The molecule has 8 heteroatoms. The quantitative estimate of drug-likeness (QED) is 0.610. The van der Waals surface area contributed by atoms with E-state index < -0.39 is 23.5 Å². The fraction of sp³-hybridized carbons (Fsp3) is 0.385. The van der Waals surface area contributed by atoms with Crippen LogP contribution in [-0.4, -0.2) is 30.0 Å². The zero-order valence-corrected chi connectivity index (χ0v) is 11.8. The summed E-state index contributed by atoms with van der Waals surface area (Å²) in [5, 5.41) is 15.4. The van der Waals surface area contributed by atoms with E-state index in [0.717, 1.165) is 6.42 Å². The lowest BCUT2D eigenvalue weighted by Crippen LogP contribution is -2.41. The Bertz CT molecular complexity index is 545. The minimum atomic E-state index is -0.630. The number of nitro benzene ring substituents is 1. The Morgan fingerprint density at radius 2 is 2.10 bits per heavy atom. The number of ether oxygens (including phenoxy) is 1. The number of benzene rings is 1. The van der Waals surface area contributed by atoms with Crippen molar-refractivity contribution < 1.29 is 19.2 Å². The summed E-state index contributed by atoms with van der Waals surface area (Å²) in [5.74, 6) is -0.400. The van der Waals surface area contributed by atoms with Crippen LogP contribution >= 0.6 is 0 Å². The molecular formula is C13H17N3O5. The summed E-state index contributed by atoms with van der Waals surface area (Å²) in [6, 6.07) is 3.74. The standard InChI is InChI=1S/C13H17N3O5/c1-3-7-14-13(18)15-12(17)8-21-11-6-4-5-10(9(11)2)16(19)20/h4-6H,3,7-8H2,1-2H3,(H2,14,15,17,18). The first-order valence-corrected chi connectivity index (χ1v) is 6.40. The van der Waals surface area contributed by atoms with Gasteiger partial charge in [0.05, 0.1) is 10.5 Å². The van der Waals surface area contributed by atoms with Crippen LogP contribution < -0.4 is 15.4 Å². The van der Waals surface area contributed by atoms with Gasteiger partial charge in [0.1, 0.15) is 5.75 Å². The molecule has 1 aromatic rings. The predicted molar refractivity (Wildman–Crippen MR) is 75.2 cm³/mol. The second-order valence-corrected chi connectivity index (χ2v) is 4.25. The Kier molecular flexibility index (Phi) is 6.12. The van der Waals surface area contributed by atoms with Crippen molar-refractivity contribution in [1.29, 1.82) is 0 Å². The maximum Gasteiger partial charge on any atom is 0.321 e. The fourth-order valence-electron chi connectivity index (χ4n) is 1.55. The van der Waals surface area contributed by atoms with Crippen LogP contribution in [0.2, 0.25) is 0 Å². The maximum absolute atomic E-state index is 11.5. The molecule has 0 saturated heterocycles. The second kappa shape index (κ2) is 7.83. The normalized spacial score (nSPS) is 9.81. The summed E-state index contributed by atoms with van der Waals surface area (Å²) in [5.41, 5.74) is 0.235. The summed E-state index contributed by atoms with van der Waals surface area (Å²) in [6.45, 7) is 3.47. The molecule has 2 N–H and O–H groups in total. The fourth-order valence-corrected chi connectivity index (χ4v) is 1.55. The first-order chi connectivity index (χ1) is 9.95. The first-order valence-electron chi connectivity index (χ1n) is 6.40. The minimum absolute atomic E-state index is 0.0893. The molecule has 114 valence electrons. The van der Waals surface area contributed by atoms with Gasteiger partial charge in [-0.1, -0.05) is 13.0 Å². The van der Waals surface area contributed by atoms with E-state index in [1.807, 2.05) is 6.92 Å². The molecule has 0 aromatic heterocycles. The molecule has 1 rings (SSSR count). The van der Waals surface area contributed by atoms with Gasteiger partial charge in [-0.2, -0.15) is 0 Å². The van der Waals surface area contributed by atoms with Gasteiger partial charge in [0.2, 0.25) is 0 Å². The van der Waals surface area contributed by atoms with Gasteiger partial charge in [0.25, 0.3) is 11.6 Å². The molecule has 1 aromatic carbocycles. The van der Waals surface area contributed by atoms with Gasteiger partial charge in [-0.15, -0.1) is 0 Å². The largest absolute Gasteiger partial charge is 0.483 e. The third-order valence-electron chi connectivity index (χ3n) is 2.60. The number of nitrogens with zero attached hydrogens (tertiary/aromatic N) is 1. The molecule has 0 unspecified atom stereocenters. The SMILES string of the molecule is CCCNC(=O)NC(=O)COc1cccc([N+](=O)[O-])c1C. The minimum Gasteiger partial charge on any atom is -0.483 e. The van der Waals surface area contributed by atoms with E-state index in [4.69, 9.17) is 4.74 Å². The van der Waals surface area contributed by atoms with Crippen molar-refractivity contribution in [2.75, 3.05) is 13.2 Å². The Labute approximate surface area is 121 Å². The smallest absolute Gasteiger partial charge is 0.321 e. The van der Waals surface area contributed by atoms with Crippen molar-refractivity contribution in [2.45, 2.75) is 20.3 Å². The van der Waals surface area contributed by atoms with Crippen molar-refractivity contribution in [3.8, 4) is 5.75 Å². The number of carbonyl (C=O) groups is 2. The molecule has 0 radical (unpaired) electrons. The van der Waals surface area contributed by atoms with E-state index in [0.29, 0.717) is 12.1 Å². The topological polar surface area (TPSA) is 111 Å². The molecule has 0 atom stereocenters. The van der Waals surface area contributed by atoms with Crippen molar-refractivity contribution in [1.82, 2.24) is 10.6 Å². The third kappa shape index (κ3) is 5.09. The highest BCUT2D eigenvalue weighted by Crippen LogP contribution is 2.26. The van der Waals surface area contributed by atoms with E-state index in [1.54, 1.807) is 0 Å². The molecule has 0 aliphatic rings. The molecule has 0 spiro atoms. The number of nitro groups is 1. The predicted octanol–water partition coefficient (Wildman–Crippen LogP) is 1.52. The number of urea groups is 1. The highest BCUT2D eigenvalue weighted by atomic mass is 16.6. The Morgan fingerprint density at radius 3 is 2.71 bits per heavy atom. The van der Waals surface area contributed by atoms with Crippen molar-refractivity contribution >= 4 is 17.6 Å². The summed E-state index contributed by atoms with van der Waals surface area (Å²) in [4.78, 5) is 33.0. The zero-order valence-electron chi connectivity index (χ0n) is 11.8. The van der Waals surface area contributed by atoms with Gasteiger partial charge in [-0.05, 0) is 19.4 Å². The van der Waals surface area contributed by atoms with Gasteiger partial charge in [0.15, 0.2) is 6.61 Å². The summed E-state index contributed by atoms with van der Waals surface area (Å²) in [7, 11) is 0. The number of rotatable bonds is 6. The molecule has 0 bridgehead atoms. The molecule has 8 nitrogen and oxygen atoms in total. The Hall–Kier alpha value is -2.64. The molecular weight excluding hydrogens is 278 g/mol. The van der Waals surface area contributed by atoms with Gasteiger partial charge in [-0.3, -0.25) is 20.2 Å². The van der Waals surface area contributed by atoms with Crippen molar-refractivity contribution in [3.05, 3.63) is 33.9 Å². The van der Waals surface area contributed by atoms with Gasteiger partial charge in [0, 0.05) is 12.6 Å². The second-order valence-electron chi connectivity index (χ2n) is 4.25. The number of carbonyl (C=O) groups excluding carboxylic acids is 2. The van der Waals surface area contributed by atoms with Crippen LogP contribution in [0.5, 0.6) is 5.75 Å². The number of hydrogen-bond acceptors (Lipinski definition) is 5. The van der Waals surface area contributed by atoms with E-state index in [1.165, 1.54) is 25.1 Å². The molecule has 3 amide bonds. The van der Waals surface area contributed by atoms with Crippen LogP contribution in [0.4, 0.5) is 10.5 Å². The summed E-state index contributed by atoms with van der Waals surface area (Å²) in [6.07, 6.45) is 0.755. The van der Waals surface area contributed by atoms with Crippen LogP contribution in [0.1, 0.15) is 18.9 Å². The van der Waals surface area contributed by atoms with Crippen molar-refractivity contribution in [2.24, 2.45) is 0 Å². The number of amides is 3. The monoisotopic (exact) mass is 295 g/mol. The summed E-state index contributed by atoms with van der Waals surface area (Å²) < 4.78 is 5.20.